The Morgan fingerprint density at radius 3 is 2.53 bits per heavy atom. The molecule has 1 unspecified atom stereocenters. The maximum absolute atomic E-state index is 11.0. The molecule has 3 nitrogen and oxygen atoms in total. The summed E-state index contributed by atoms with van der Waals surface area (Å²) in [5.74, 6) is 0.222. The zero-order chi connectivity index (χ0) is 11.7. The molecule has 0 aromatic heterocycles. The van der Waals surface area contributed by atoms with Crippen molar-refractivity contribution in [2.75, 3.05) is 18.6 Å². The number of hydrogen-bond acceptors (Lipinski definition) is 3. The Bertz CT molecular complexity index is 260. The van der Waals surface area contributed by atoms with Crippen LogP contribution >= 0.6 is 0 Å². The summed E-state index contributed by atoms with van der Waals surface area (Å²) in [6.45, 7) is 6.47. The van der Waals surface area contributed by atoms with Crippen molar-refractivity contribution in [2.24, 2.45) is 0 Å². The zero-order valence-corrected chi connectivity index (χ0v) is 10.6. The van der Waals surface area contributed by atoms with Crippen LogP contribution in [0.3, 0.4) is 0 Å². The summed E-state index contributed by atoms with van der Waals surface area (Å²) in [6.07, 6.45) is 7.71. The lowest BCUT2D eigenvalue weighted by Gasteiger charge is -2.12. The van der Waals surface area contributed by atoms with Crippen LogP contribution in [0.4, 0.5) is 0 Å². The standard InChI is InChI=1S/C11H23NO2S/c1-4-5-6-7-8-9-12-11(2)10-15(3,13)14/h4,11-12H,1,5-10H2,2-3H3. The van der Waals surface area contributed by atoms with E-state index in [0.717, 1.165) is 19.4 Å². The average molecular weight is 233 g/mol. The molecule has 15 heavy (non-hydrogen) atoms. The van der Waals surface area contributed by atoms with Crippen LogP contribution in [-0.2, 0) is 9.84 Å². The third kappa shape index (κ3) is 11.6. The molecule has 0 heterocycles. The largest absolute Gasteiger partial charge is 0.313 e. The molecule has 1 atom stereocenters. The Morgan fingerprint density at radius 1 is 1.33 bits per heavy atom. The van der Waals surface area contributed by atoms with Crippen molar-refractivity contribution >= 4 is 9.84 Å². The molecule has 0 aliphatic carbocycles. The molecule has 0 aromatic carbocycles. The molecular weight excluding hydrogens is 210 g/mol. The maximum Gasteiger partial charge on any atom is 0.148 e. The van der Waals surface area contributed by atoms with Gasteiger partial charge in [-0.25, -0.2) is 8.42 Å². The Morgan fingerprint density at radius 2 is 2.00 bits per heavy atom. The van der Waals surface area contributed by atoms with Crippen LogP contribution in [0.2, 0.25) is 0 Å². The van der Waals surface area contributed by atoms with E-state index in [1.54, 1.807) is 0 Å². The van der Waals surface area contributed by atoms with Gasteiger partial charge in [0.1, 0.15) is 9.84 Å². The maximum atomic E-state index is 11.0. The van der Waals surface area contributed by atoms with Crippen LogP contribution < -0.4 is 5.32 Å². The second-order valence-electron chi connectivity index (χ2n) is 4.09. The van der Waals surface area contributed by atoms with Crippen LogP contribution in [-0.4, -0.2) is 33.0 Å². The summed E-state index contributed by atoms with van der Waals surface area (Å²) in [4.78, 5) is 0. The Balaban J connectivity index is 3.39. The molecule has 0 saturated heterocycles. The zero-order valence-electron chi connectivity index (χ0n) is 9.83. The normalized spacial score (nSPS) is 13.7. The van der Waals surface area contributed by atoms with Crippen LogP contribution in [0.1, 0.15) is 32.6 Å². The van der Waals surface area contributed by atoms with Gasteiger partial charge in [0.25, 0.3) is 0 Å². The molecule has 0 fully saturated rings. The van der Waals surface area contributed by atoms with Crippen molar-refractivity contribution in [3.8, 4) is 0 Å². The third-order valence-corrected chi connectivity index (χ3v) is 3.24. The highest BCUT2D eigenvalue weighted by Gasteiger charge is 2.08. The van der Waals surface area contributed by atoms with E-state index in [2.05, 4.69) is 11.9 Å². The van der Waals surface area contributed by atoms with Crippen molar-refractivity contribution < 1.29 is 8.42 Å². The predicted molar refractivity (Wildman–Crippen MR) is 65.8 cm³/mol. The second-order valence-corrected chi connectivity index (χ2v) is 6.27. The SMILES string of the molecule is C=CCCCCCNC(C)CS(C)(=O)=O. The van der Waals surface area contributed by atoms with Gasteiger partial charge in [0.15, 0.2) is 0 Å². The van der Waals surface area contributed by atoms with Gasteiger partial charge in [-0.3, -0.25) is 0 Å². The number of nitrogens with one attached hydrogen (secondary N) is 1. The molecule has 0 aliphatic rings. The van der Waals surface area contributed by atoms with Crippen molar-refractivity contribution in [2.45, 2.75) is 38.6 Å². The summed E-state index contributed by atoms with van der Waals surface area (Å²) in [5.41, 5.74) is 0. The number of rotatable bonds is 9. The molecule has 0 saturated carbocycles. The number of sulfone groups is 1. The lowest BCUT2D eigenvalue weighted by Crippen LogP contribution is -2.33. The summed E-state index contributed by atoms with van der Waals surface area (Å²) in [7, 11) is -2.85. The molecule has 0 amide bonds. The van der Waals surface area contributed by atoms with E-state index in [4.69, 9.17) is 0 Å². The first kappa shape index (κ1) is 14.6. The Hall–Kier alpha value is -0.350. The minimum Gasteiger partial charge on any atom is -0.313 e. The summed E-state index contributed by atoms with van der Waals surface area (Å²) in [6, 6.07) is 0.0550. The molecule has 0 bridgehead atoms. The predicted octanol–water partition coefficient (Wildman–Crippen LogP) is 1.76. The number of allylic oxidation sites excluding steroid dienone is 1. The first-order valence-electron chi connectivity index (χ1n) is 5.47. The van der Waals surface area contributed by atoms with Crippen LogP contribution in [0.5, 0.6) is 0 Å². The fourth-order valence-corrected chi connectivity index (χ4v) is 2.48. The number of hydrogen-bond donors (Lipinski definition) is 1. The second kappa shape index (κ2) is 7.88. The molecule has 4 heteroatoms. The van der Waals surface area contributed by atoms with Crippen molar-refractivity contribution in [3.05, 3.63) is 12.7 Å². The van der Waals surface area contributed by atoms with Crippen LogP contribution in [0.15, 0.2) is 12.7 Å². The van der Waals surface area contributed by atoms with Crippen molar-refractivity contribution in [1.82, 2.24) is 5.32 Å². The quantitative estimate of drug-likeness (QED) is 0.487. The monoisotopic (exact) mass is 233 g/mol. The molecule has 0 rings (SSSR count). The fourth-order valence-electron chi connectivity index (χ4n) is 1.45. The first-order chi connectivity index (χ1) is 6.95. The molecule has 0 spiro atoms. The molecule has 90 valence electrons. The summed E-state index contributed by atoms with van der Waals surface area (Å²) < 4.78 is 21.9. The third-order valence-electron chi connectivity index (χ3n) is 2.13. The molecule has 0 aromatic rings. The van der Waals surface area contributed by atoms with Crippen LogP contribution in [0, 0.1) is 0 Å². The topological polar surface area (TPSA) is 46.2 Å². The minimum absolute atomic E-state index is 0.0550. The lowest BCUT2D eigenvalue weighted by molar-refractivity contribution is 0.538. The molecule has 1 N–H and O–H groups in total. The van der Waals surface area contributed by atoms with Gasteiger partial charge in [0.2, 0.25) is 0 Å². The van der Waals surface area contributed by atoms with Gasteiger partial charge in [-0.05, 0) is 32.7 Å². The molecule has 0 radical (unpaired) electrons. The van der Waals surface area contributed by atoms with Gasteiger partial charge >= 0.3 is 0 Å². The number of unbranched alkanes of at least 4 members (excludes halogenated alkanes) is 3. The van der Waals surface area contributed by atoms with Gasteiger partial charge in [0, 0.05) is 12.3 Å². The van der Waals surface area contributed by atoms with Gasteiger partial charge in [-0.1, -0.05) is 12.5 Å². The molecular formula is C11H23NO2S. The van der Waals surface area contributed by atoms with E-state index < -0.39 is 9.84 Å². The fraction of sp³-hybridized carbons (Fsp3) is 0.818. The van der Waals surface area contributed by atoms with E-state index in [-0.39, 0.29) is 11.8 Å². The van der Waals surface area contributed by atoms with E-state index in [0.29, 0.717) is 0 Å². The van der Waals surface area contributed by atoms with Crippen molar-refractivity contribution in [1.29, 1.82) is 0 Å². The minimum atomic E-state index is -2.85. The van der Waals surface area contributed by atoms with E-state index in [1.165, 1.54) is 19.1 Å². The lowest BCUT2D eigenvalue weighted by atomic mass is 10.2. The molecule has 0 aliphatic heterocycles. The van der Waals surface area contributed by atoms with Gasteiger partial charge in [0.05, 0.1) is 5.75 Å². The van der Waals surface area contributed by atoms with E-state index in [1.807, 2.05) is 13.0 Å². The van der Waals surface area contributed by atoms with Crippen LogP contribution in [0.25, 0.3) is 0 Å². The Labute approximate surface area is 93.9 Å². The summed E-state index contributed by atoms with van der Waals surface area (Å²) >= 11 is 0. The average Bonchev–Trinajstić information content (AvgIpc) is 2.08. The first-order valence-corrected chi connectivity index (χ1v) is 7.54. The van der Waals surface area contributed by atoms with Gasteiger partial charge in [-0.15, -0.1) is 6.58 Å². The van der Waals surface area contributed by atoms with Crippen molar-refractivity contribution in [3.63, 3.8) is 0 Å². The highest BCUT2D eigenvalue weighted by atomic mass is 32.2. The highest BCUT2D eigenvalue weighted by molar-refractivity contribution is 7.90. The smallest absolute Gasteiger partial charge is 0.148 e. The van der Waals surface area contributed by atoms with Gasteiger partial charge < -0.3 is 5.32 Å². The summed E-state index contributed by atoms with van der Waals surface area (Å²) in [5, 5.41) is 3.21. The van der Waals surface area contributed by atoms with E-state index >= 15 is 0 Å². The van der Waals surface area contributed by atoms with E-state index in [9.17, 15) is 8.42 Å². The highest BCUT2D eigenvalue weighted by Crippen LogP contribution is 1.99. The Kier molecular flexibility index (Phi) is 7.70. The van der Waals surface area contributed by atoms with Gasteiger partial charge in [-0.2, -0.15) is 0 Å².